The lowest BCUT2D eigenvalue weighted by Gasteiger charge is -2.33. The highest BCUT2D eigenvalue weighted by Crippen LogP contribution is 2.33. The van der Waals surface area contributed by atoms with E-state index in [-0.39, 0.29) is 6.04 Å². The molecular weight excluding hydrogens is 238 g/mol. The van der Waals surface area contributed by atoms with E-state index in [1.54, 1.807) is 7.11 Å². The number of fused-ring (bicyclic) bond motifs is 1. The molecule has 0 saturated carbocycles. The van der Waals surface area contributed by atoms with E-state index < -0.39 is 10.0 Å². The standard InChI is InChI=1S/C12H17NO3S/c1-9-12-8-11(16-2)5-4-10(12)6-7-13(9)17(3,14)15/h4-5,8-9H,6-7H2,1-3H3. The third-order valence-corrected chi connectivity index (χ3v) is 4.61. The van der Waals surface area contributed by atoms with Gasteiger partial charge in [-0.1, -0.05) is 6.07 Å². The van der Waals surface area contributed by atoms with Crippen molar-refractivity contribution in [1.29, 1.82) is 0 Å². The predicted molar refractivity (Wildman–Crippen MR) is 66.7 cm³/mol. The van der Waals surface area contributed by atoms with E-state index in [0.29, 0.717) is 6.54 Å². The van der Waals surface area contributed by atoms with Gasteiger partial charge in [0.25, 0.3) is 0 Å². The van der Waals surface area contributed by atoms with Gasteiger partial charge in [-0.05, 0) is 36.6 Å². The van der Waals surface area contributed by atoms with Gasteiger partial charge in [0.15, 0.2) is 0 Å². The van der Waals surface area contributed by atoms with E-state index in [0.717, 1.165) is 17.7 Å². The fourth-order valence-corrected chi connectivity index (χ4v) is 3.46. The van der Waals surface area contributed by atoms with Gasteiger partial charge in [0, 0.05) is 12.6 Å². The molecule has 1 aromatic rings. The van der Waals surface area contributed by atoms with Crippen LogP contribution in [0.4, 0.5) is 0 Å². The van der Waals surface area contributed by atoms with Crippen LogP contribution in [0.15, 0.2) is 18.2 Å². The lowest BCUT2D eigenvalue weighted by molar-refractivity contribution is 0.327. The molecule has 4 nitrogen and oxygen atoms in total. The van der Waals surface area contributed by atoms with Crippen molar-refractivity contribution >= 4 is 10.0 Å². The number of methoxy groups -OCH3 is 1. The summed E-state index contributed by atoms with van der Waals surface area (Å²) in [5, 5.41) is 0. The molecule has 0 aromatic heterocycles. The van der Waals surface area contributed by atoms with Crippen LogP contribution in [0.1, 0.15) is 24.1 Å². The summed E-state index contributed by atoms with van der Waals surface area (Å²) in [6.07, 6.45) is 2.02. The molecule has 1 aromatic carbocycles. The molecule has 0 aliphatic carbocycles. The molecule has 5 heteroatoms. The Labute approximate surface area is 102 Å². The maximum atomic E-state index is 11.7. The van der Waals surface area contributed by atoms with E-state index in [9.17, 15) is 8.42 Å². The summed E-state index contributed by atoms with van der Waals surface area (Å²) in [6.45, 7) is 2.47. The van der Waals surface area contributed by atoms with Crippen molar-refractivity contribution in [3.8, 4) is 5.75 Å². The molecule has 0 amide bonds. The van der Waals surface area contributed by atoms with Gasteiger partial charge in [0.05, 0.1) is 13.4 Å². The first kappa shape index (κ1) is 12.4. The maximum absolute atomic E-state index is 11.7. The second-order valence-electron chi connectivity index (χ2n) is 4.36. The minimum atomic E-state index is -3.14. The lowest BCUT2D eigenvalue weighted by Crippen LogP contribution is -2.38. The normalized spacial score (nSPS) is 21.0. The van der Waals surface area contributed by atoms with E-state index in [2.05, 4.69) is 0 Å². The van der Waals surface area contributed by atoms with Gasteiger partial charge in [-0.3, -0.25) is 0 Å². The van der Waals surface area contributed by atoms with Crippen LogP contribution in [0, 0.1) is 0 Å². The van der Waals surface area contributed by atoms with Crippen molar-refractivity contribution in [2.75, 3.05) is 19.9 Å². The van der Waals surface area contributed by atoms with Crippen molar-refractivity contribution in [3.05, 3.63) is 29.3 Å². The first-order valence-electron chi connectivity index (χ1n) is 5.57. The van der Waals surface area contributed by atoms with Gasteiger partial charge in [0.2, 0.25) is 10.0 Å². The van der Waals surface area contributed by atoms with Crippen LogP contribution in [-0.4, -0.2) is 32.6 Å². The van der Waals surface area contributed by atoms with Gasteiger partial charge in [-0.15, -0.1) is 0 Å². The fourth-order valence-electron chi connectivity index (χ4n) is 2.35. The summed E-state index contributed by atoms with van der Waals surface area (Å²) >= 11 is 0. The molecule has 0 N–H and O–H groups in total. The van der Waals surface area contributed by atoms with E-state index in [1.807, 2.05) is 25.1 Å². The van der Waals surface area contributed by atoms with Crippen molar-refractivity contribution in [2.24, 2.45) is 0 Å². The van der Waals surface area contributed by atoms with Crippen LogP contribution < -0.4 is 4.74 Å². The first-order valence-corrected chi connectivity index (χ1v) is 7.42. The molecule has 1 atom stereocenters. The predicted octanol–water partition coefficient (Wildman–Crippen LogP) is 1.57. The summed E-state index contributed by atoms with van der Waals surface area (Å²) in [5.74, 6) is 0.769. The minimum Gasteiger partial charge on any atom is -0.497 e. The monoisotopic (exact) mass is 255 g/mol. The average molecular weight is 255 g/mol. The molecule has 1 aliphatic rings. The van der Waals surface area contributed by atoms with Crippen LogP contribution in [0.3, 0.4) is 0 Å². The maximum Gasteiger partial charge on any atom is 0.211 e. The molecule has 1 aliphatic heterocycles. The Kier molecular flexibility index (Phi) is 3.14. The lowest BCUT2D eigenvalue weighted by atomic mass is 9.95. The van der Waals surface area contributed by atoms with Crippen LogP contribution in [0.25, 0.3) is 0 Å². The highest BCUT2D eigenvalue weighted by Gasteiger charge is 2.30. The summed E-state index contributed by atoms with van der Waals surface area (Å²) in [6, 6.07) is 5.74. The van der Waals surface area contributed by atoms with Gasteiger partial charge < -0.3 is 4.74 Å². The summed E-state index contributed by atoms with van der Waals surface area (Å²) in [7, 11) is -1.53. The van der Waals surface area contributed by atoms with E-state index in [4.69, 9.17) is 4.74 Å². The fraction of sp³-hybridized carbons (Fsp3) is 0.500. The molecular formula is C12H17NO3S. The summed E-state index contributed by atoms with van der Waals surface area (Å²) in [4.78, 5) is 0. The smallest absolute Gasteiger partial charge is 0.211 e. The SMILES string of the molecule is COc1ccc2c(c1)C(C)N(S(C)(=O)=O)CC2. The highest BCUT2D eigenvalue weighted by atomic mass is 32.2. The number of nitrogens with zero attached hydrogens (tertiary/aromatic N) is 1. The van der Waals surface area contributed by atoms with Gasteiger partial charge in [0.1, 0.15) is 5.75 Å². The van der Waals surface area contributed by atoms with Gasteiger partial charge >= 0.3 is 0 Å². The number of sulfonamides is 1. The van der Waals surface area contributed by atoms with Crippen molar-refractivity contribution in [3.63, 3.8) is 0 Å². The van der Waals surface area contributed by atoms with Crippen LogP contribution in [0.5, 0.6) is 5.75 Å². The average Bonchev–Trinajstić information content (AvgIpc) is 2.27. The van der Waals surface area contributed by atoms with Crippen molar-refractivity contribution in [1.82, 2.24) is 4.31 Å². The van der Waals surface area contributed by atoms with E-state index in [1.165, 1.54) is 16.1 Å². The molecule has 1 heterocycles. The quantitative estimate of drug-likeness (QED) is 0.806. The number of rotatable bonds is 2. The zero-order chi connectivity index (χ0) is 12.6. The summed E-state index contributed by atoms with van der Waals surface area (Å²) in [5.41, 5.74) is 2.25. The second kappa shape index (κ2) is 4.31. The number of ether oxygens (including phenoxy) is 1. The zero-order valence-electron chi connectivity index (χ0n) is 10.3. The van der Waals surface area contributed by atoms with Crippen molar-refractivity contribution < 1.29 is 13.2 Å². The molecule has 2 rings (SSSR count). The first-order chi connectivity index (χ1) is 7.93. The largest absolute Gasteiger partial charge is 0.497 e. The molecule has 0 fully saturated rings. The Balaban J connectivity index is 2.43. The molecule has 0 saturated heterocycles. The summed E-state index contributed by atoms with van der Waals surface area (Å²) < 4.78 is 30.0. The number of hydrogen-bond donors (Lipinski definition) is 0. The Morgan fingerprint density at radius 3 is 2.71 bits per heavy atom. The Bertz CT molecular complexity index is 525. The minimum absolute atomic E-state index is 0.121. The molecule has 0 radical (unpaired) electrons. The highest BCUT2D eigenvalue weighted by molar-refractivity contribution is 7.88. The molecule has 0 spiro atoms. The molecule has 17 heavy (non-hydrogen) atoms. The third-order valence-electron chi connectivity index (χ3n) is 3.26. The molecule has 1 unspecified atom stereocenters. The van der Waals surface area contributed by atoms with Crippen molar-refractivity contribution in [2.45, 2.75) is 19.4 Å². The molecule has 0 bridgehead atoms. The van der Waals surface area contributed by atoms with Crippen LogP contribution in [0.2, 0.25) is 0 Å². The topological polar surface area (TPSA) is 46.6 Å². The zero-order valence-corrected chi connectivity index (χ0v) is 11.1. The number of benzene rings is 1. The third kappa shape index (κ3) is 2.30. The number of hydrogen-bond acceptors (Lipinski definition) is 3. The van der Waals surface area contributed by atoms with Crippen LogP contribution in [-0.2, 0) is 16.4 Å². The van der Waals surface area contributed by atoms with E-state index >= 15 is 0 Å². The second-order valence-corrected chi connectivity index (χ2v) is 6.30. The Morgan fingerprint density at radius 2 is 2.12 bits per heavy atom. The Morgan fingerprint density at radius 1 is 1.41 bits per heavy atom. The van der Waals surface area contributed by atoms with Gasteiger partial charge in [-0.2, -0.15) is 4.31 Å². The van der Waals surface area contributed by atoms with Crippen LogP contribution >= 0.6 is 0 Å². The van der Waals surface area contributed by atoms with Gasteiger partial charge in [-0.25, -0.2) is 8.42 Å². The Hall–Kier alpha value is -1.07. The molecule has 94 valence electrons.